The van der Waals surface area contributed by atoms with Crippen LogP contribution in [0.15, 0.2) is 24.3 Å². The summed E-state index contributed by atoms with van der Waals surface area (Å²) in [7, 11) is 0. The lowest BCUT2D eigenvalue weighted by Crippen LogP contribution is -1.83. The van der Waals surface area contributed by atoms with Crippen molar-refractivity contribution < 1.29 is 0 Å². The molecule has 0 spiro atoms. The maximum absolute atomic E-state index is 8.41. The number of rotatable bonds is 2. The molecule has 0 aliphatic heterocycles. The van der Waals surface area contributed by atoms with Crippen LogP contribution in [0.2, 0.25) is 0 Å². The first kappa shape index (κ1) is 8.16. The predicted octanol–water partition coefficient (Wildman–Crippen LogP) is 2.18. The van der Waals surface area contributed by atoms with Crippen LogP contribution in [0.3, 0.4) is 0 Å². The van der Waals surface area contributed by atoms with Gasteiger partial charge in [0.15, 0.2) is 0 Å². The maximum atomic E-state index is 8.41. The van der Waals surface area contributed by atoms with E-state index in [9.17, 15) is 0 Å². The lowest BCUT2D eigenvalue weighted by Gasteiger charge is -1.97. The molecule has 0 radical (unpaired) electrons. The fraction of sp³-hybridized carbons (Fsp3) is 0.222. The van der Waals surface area contributed by atoms with Gasteiger partial charge in [0.2, 0.25) is 0 Å². The van der Waals surface area contributed by atoms with Crippen LogP contribution in [0, 0.1) is 11.3 Å². The Morgan fingerprint density at radius 1 is 1.36 bits per heavy atom. The molecular weight excluding hydrogens is 154 g/mol. The predicted molar refractivity (Wildman–Crippen MR) is 48.4 cm³/mol. The molecule has 2 heteroatoms. The molecular formula is C9H9NS. The van der Waals surface area contributed by atoms with Gasteiger partial charge in [-0.1, -0.05) is 24.3 Å². The molecule has 1 nitrogen and oxygen atoms in total. The molecule has 0 atom stereocenters. The van der Waals surface area contributed by atoms with Gasteiger partial charge in [-0.25, -0.2) is 0 Å². The molecule has 0 aromatic heterocycles. The Kier molecular flexibility index (Phi) is 3.00. The van der Waals surface area contributed by atoms with Gasteiger partial charge in [0.05, 0.1) is 12.5 Å². The summed E-state index contributed by atoms with van der Waals surface area (Å²) in [4.78, 5) is 0. The Balaban J connectivity index is 2.84. The van der Waals surface area contributed by atoms with Crippen molar-refractivity contribution in [1.29, 1.82) is 5.26 Å². The fourth-order valence-electron chi connectivity index (χ4n) is 0.929. The van der Waals surface area contributed by atoms with E-state index in [0.717, 1.165) is 11.3 Å². The van der Waals surface area contributed by atoms with E-state index in [4.69, 9.17) is 5.26 Å². The normalized spacial score (nSPS) is 9.09. The summed E-state index contributed by atoms with van der Waals surface area (Å²) < 4.78 is 0. The van der Waals surface area contributed by atoms with Gasteiger partial charge < -0.3 is 0 Å². The molecule has 0 amide bonds. The smallest absolute Gasteiger partial charge is 0.0669 e. The molecule has 0 N–H and O–H groups in total. The number of thiol groups is 1. The van der Waals surface area contributed by atoms with E-state index >= 15 is 0 Å². The zero-order valence-electron chi connectivity index (χ0n) is 6.12. The standard InChI is InChI=1S/C9H9NS/c10-5-4-8-2-1-3-9(6-8)7-11/h1-3,6,11H,4,7H2. The van der Waals surface area contributed by atoms with Crippen LogP contribution < -0.4 is 0 Å². The summed E-state index contributed by atoms with van der Waals surface area (Å²) in [6, 6.07) is 10.0. The Bertz CT molecular complexity index is 275. The number of hydrogen-bond acceptors (Lipinski definition) is 2. The lowest BCUT2D eigenvalue weighted by atomic mass is 10.1. The highest BCUT2D eigenvalue weighted by molar-refractivity contribution is 7.79. The Hall–Kier alpha value is -0.940. The van der Waals surface area contributed by atoms with Crippen LogP contribution in [0.4, 0.5) is 0 Å². The number of benzene rings is 1. The van der Waals surface area contributed by atoms with E-state index in [1.165, 1.54) is 5.56 Å². The minimum Gasteiger partial charge on any atom is -0.198 e. The lowest BCUT2D eigenvalue weighted by molar-refractivity contribution is 1.24. The summed E-state index contributed by atoms with van der Waals surface area (Å²) in [5, 5.41) is 8.41. The van der Waals surface area contributed by atoms with E-state index in [-0.39, 0.29) is 0 Å². The van der Waals surface area contributed by atoms with Gasteiger partial charge in [-0.15, -0.1) is 0 Å². The van der Waals surface area contributed by atoms with Crippen molar-refractivity contribution >= 4 is 12.6 Å². The summed E-state index contributed by atoms with van der Waals surface area (Å²) in [6.45, 7) is 0. The van der Waals surface area contributed by atoms with Crippen molar-refractivity contribution in [2.24, 2.45) is 0 Å². The second-order valence-electron chi connectivity index (χ2n) is 2.31. The molecule has 1 rings (SSSR count). The third-order valence-electron chi connectivity index (χ3n) is 1.46. The monoisotopic (exact) mass is 163 g/mol. The highest BCUT2D eigenvalue weighted by Gasteiger charge is 1.92. The summed E-state index contributed by atoms with van der Waals surface area (Å²) >= 11 is 4.14. The largest absolute Gasteiger partial charge is 0.198 e. The van der Waals surface area contributed by atoms with E-state index in [0.29, 0.717) is 6.42 Å². The van der Waals surface area contributed by atoms with Crippen molar-refractivity contribution in [1.82, 2.24) is 0 Å². The summed E-state index contributed by atoms with van der Waals surface area (Å²) in [5.74, 6) is 0.735. The molecule has 0 unspecified atom stereocenters. The Morgan fingerprint density at radius 3 is 2.73 bits per heavy atom. The Labute approximate surface area is 72.1 Å². The molecule has 56 valence electrons. The third kappa shape index (κ3) is 2.28. The molecule has 0 bridgehead atoms. The minimum atomic E-state index is 0.488. The molecule has 0 saturated heterocycles. The van der Waals surface area contributed by atoms with Gasteiger partial charge in [0, 0.05) is 5.75 Å². The van der Waals surface area contributed by atoms with E-state index < -0.39 is 0 Å². The topological polar surface area (TPSA) is 23.8 Å². The van der Waals surface area contributed by atoms with Crippen LogP contribution in [0.5, 0.6) is 0 Å². The van der Waals surface area contributed by atoms with Gasteiger partial charge in [0.1, 0.15) is 0 Å². The van der Waals surface area contributed by atoms with Gasteiger partial charge in [-0.3, -0.25) is 0 Å². The molecule has 0 aliphatic carbocycles. The highest BCUT2D eigenvalue weighted by atomic mass is 32.1. The SMILES string of the molecule is N#CCc1cccc(CS)c1. The van der Waals surface area contributed by atoms with Gasteiger partial charge in [-0.05, 0) is 11.1 Å². The van der Waals surface area contributed by atoms with E-state index in [1.54, 1.807) is 0 Å². The second-order valence-corrected chi connectivity index (χ2v) is 2.63. The first-order valence-electron chi connectivity index (χ1n) is 3.42. The Morgan fingerprint density at radius 2 is 2.09 bits per heavy atom. The first-order chi connectivity index (χ1) is 5.36. The third-order valence-corrected chi connectivity index (χ3v) is 1.82. The van der Waals surface area contributed by atoms with Crippen LogP contribution in [0.25, 0.3) is 0 Å². The number of nitriles is 1. The van der Waals surface area contributed by atoms with Crippen molar-refractivity contribution in [3.05, 3.63) is 35.4 Å². The van der Waals surface area contributed by atoms with E-state index in [2.05, 4.69) is 18.7 Å². The van der Waals surface area contributed by atoms with Crippen molar-refractivity contribution in [2.75, 3.05) is 0 Å². The number of hydrogen-bond donors (Lipinski definition) is 1. The van der Waals surface area contributed by atoms with Gasteiger partial charge in [-0.2, -0.15) is 17.9 Å². The van der Waals surface area contributed by atoms with Crippen LogP contribution in [-0.4, -0.2) is 0 Å². The molecule has 0 saturated carbocycles. The minimum absolute atomic E-state index is 0.488. The second kappa shape index (κ2) is 4.05. The van der Waals surface area contributed by atoms with Crippen LogP contribution >= 0.6 is 12.6 Å². The molecule has 1 aromatic carbocycles. The highest BCUT2D eigenvalue weighted by Crippen LogP contribution is 2.07. The molecule has 11 heavy (non-hydrogen) atoms. The average molecular weight is 163 g/mol. The zero-order chi connectivity index (χ0) is 8.10. The van der Waals surface area contributed by atoms with E-state index in [1.807, 2.05) is 24.3 Å². The van der Waals surface area contributed by atoms with Gasteiger partial charge in [0.25, 0.3) is 0 Å². The fourth-order valence-corrected chi connectivity index (χ4v) is 1.13. The summed E-state index contributed by atoms with van der Waals surface area (Å²) in [6.07, 6.45) is 0.488. The number of nitrogens with zero attached hydrogens (tertiary/aromatic N) is 1. The maximum Gasteiger partial charge on any atom is 0.0669 e. The van der Waals surface area contributed by atoms with Crippen LogP contribution in [0.1, 0.15) is 11.1 Å². The molecule has 0 fully saturated rings. The first-order valence-corrected chi connectivity index (χ1v) is 4.05. The van der Waals surface area contributed by atoms with Gasteiger partial charge >= 0.3 is 0 Å². The quantitative estimate of drug-likeness (QED) is 0.664. The zero-order valence-corrected chi connectivity index (χ0v) is 7.01. The van der Waals surface area contributed by atoms with Crippen LogP contribution in [-0.2, 0) is 12.2 Å². The van der Waals surface area contributed by atoms with Crippen molar-refractivity contribution in [2.45, 2.75) is 12.2 Å². The molecule has 0 heterocycles. The molecule has 0 aliphatic rings. The van der Waals surface area contributed by atoms with Crippen molar-refractivity contribution in [3.63, 3.8) is 0 Å². The molecule has 1 aromatic rings. The average Bonchev–Trinajstić information content (AvgIpc) is 2.06. The summed E-state index contributed by atoms with van der Waals surface area (Å²) in [5.41, 5.74) is 2.24. The van der Waals surface area contributed by atoms with Crippen molar-refractivity contribution in [3.8, 4) is 6.07 Å².